The molecule has 0 fully saturated rings. The van der Waals surface area contributed by atoms with E-state index in [2.05, 4.69) is 13.8 Å². The minimum absolute atomic E-state index is 0.182. The van der Waals surface area contributed by atoms with Crippen molar-refractivity contribution >= 4 is 23.9 Å². The topological polar surface area (TPSA) is 124 Å². The van der Waals surface area contributed by atoms with E-state index in [1.807, 2.05) is 0 Å². The number of ether oxygens (including phenoxy) is 6. The van der Waals surface area contributed by atoms with E-state index < -0.39 is 30.0 Å². The molecule has 0 spiro atoms. The van der Waals surface area contributed by atoms with E-state index in [-0.39, 0.29) is 29.2 Å². The van der Waals surface area contributed by atoms with Gasteiger partial charge in [-0.15, -0.1) is 0 Å². The quantitative estimate of drug-likeness (QED) is 0.0365. The van der Waals surface area contributed by atoms with Crippen molar-refractivity contribution in [3.8, 4) is 23.0 Å². The van der Waals surface area contributed by atoms with Crippen LogP contribution in [0.15, 0.2) is 97.1 Å². The number of esters is 4. The normalized spacial score (nSPS) is 11.3. The summed E-state index contributed by atoms with van der Waals surface area (Å²) in [7, 11) is 0. The number of hydrogen-bond acceptors (Lipinski definition) is 10. The van der Waals surface area contributed by atoms with Crippen LogP contribution in [0.5, 0.6) is 23.0 Å². The van der Waals surface area contributed by atoms with Gasteiger partial charge in [0.05, 0.1) is 35.5 Å². The summed E-state index contributed by atoms with van der Waals surface area (Å²) < 4.78 is 33.3. The molecule has 4 aromatic rings. The third kappa shape index (κ3) is 16.2. The number of carbonyl (C=O) groups is 4. The van der Waals surface area contributed by atoms with E-state index in [1.165, 1.54) is 99.9 Å². The smallest absolute Gasteiger partial charge is 0.343 e. The maximum Gasteiger partial charge on any atom is 0.343 e. The second-order valence-corrected chi connectivity index (χ2v) is 13.9. The minimum Gasteiger partial charge on any atom is -0.494 e. The van der Waals surface area contributed by atoms with Crippen molar-refractivity contribution in [1.29, 1.82) is 0 Å². The number of rotatable bonds is 25. The first-order valence-corrected chi connectivity index (χ1v) is 20.2. The molecular formula is C47H56O10. The number of hydrogen-bond donors (Lipinski definition) is 0. The maximum absolute atomic E-state index is 12.7. The van der Waals surface area contributed by atoms with Gasteiger partial charge in [-0.1, -0.05) is 78.1 Å². The van der Waals surface area contributed by atoms with E-state index in [0.29, 0.717) is 35.8 Å². The molecule has 0 aliphatic heterocycles. The van der Waals surface area contributed by atoms with Crippen LogP contribution < -0.4 is 18.9 Å². The Hall–Kier alpha value is -5.64. The summed E-state index contributed by atoms with van der Waals surface area (Å²) in [5, 5.41) is 0. The van der Waals surface area contributed by atoms with Gasteiger partial charge >= 0.3 is 23.9 Å². The molecule has 1 unspecified atom stereocenters. The van der Waals surface area contributed by atoms with Crippen molar-refractivity contribution in [1.82, 2.24) is 0 Å². The molecule has 0 aliphatic rings. The fourth-order valence-electron chi connectivity index (χ4n) is 5.73. The average Bonchev–Trinajstić information content (AvgIpc) is 3.23. The third-order valence-corrected chi connectivity index (χ3v) is 9.07. The molecule has 4 aromatic carbocycles. The van der Waals surface area contributed by atoms with E-state index in [4.69, 9.17) is 28.4 Å². The molecule has 0 saturated heterocycles. The Morgan fingerprint density at radius 1 is 0.421 bits per heavy atom. The van der Waals surface area contributed by atoms with Crippen LogP contribution in [0, 0.1) is 0 Å². The highest BCUT2D eigenvalue weighted by molar-refractivity contribution is 5.93. The Labute approximate surface area is 336 Å². The van der Waals surface area contributed by atoms with Crippen molar-refractivity contribution in [2.75, 3.05) is 19.8 Å². The van der Waals surface area contributed by atoms with Crippen LogP contribution in [0.2, 0.25) is 0 Å². The Morgan fingerprint density at radius 2 is 0.754 bits per heavy atom. The number of carbonyl (C=O) groups excluding carboxylic acids is 4. The second kappa shape index (κ2) is 24.8. The molecule has 1 atom stereocenters. The van der Waals surface area contributed by atoms with Gasteiger partial charge < -0.3 is 28.4 Å². The number of unbranched alkanes of at least 4 members (excludes halogenated alkanes) is 10. The molecule has 0 heterocycles. The van der Waals surface area contributed by atoms with Crippen molar-refractivity contribution in [3.63, 3.8) is 0 Å². The molecule has 10 heteroatoms. The summed E-state index contributed by atoms with van der Waals surface area (Å²) >= 11 is 0. The molecule has 0 aliphatic carbocycles. The molecular weight excluding hydrogens is 725 g/mol. The molecule has 304 valence electrons. The van der Waals surface area contributed by atoms with Gasteiger partial charge in [0.1, 0.15) is 35.7 Å². The summed E-state index contributed by atoms with van der Waals surface area (Å²) in [6, 6.07) is 25.5. The van der Waals surface area contributed by atoms with Gasteiger partial charge in [-0.3, -0.25) is 0 Å². The zero-order valence-corrected chi connectivity index (χ0v) is 33.5. The number of benzene rings is 4. The summed E-state index contributed by atoms with van der Waals surface area (Å²) in [6.07, 6.45) is 13.5. The SMILES string of the molecule is CCCCCCCCOc1ccc(C(=O)Oc2ccc(C(=O)OCC(C)OC(=O)c3ccc(OC(=O)c4ccc(OCCCCCCCC)cc4)cc3)cc2)cc1. The highest BCUT2D eigenvalue weighted by atomic mass is 16.6. The van der Waals surface area contributed by atoms with Crippen LogP contribution in [-0.4, -0.2) is 49.8 Å². The van der Waals surface area contributed by atoms with E-state index >= 15 is 0 Å². The lowest BCUT2D eigenvalue weighted by Crippen LogP contribution is -2.22. The first kappa shape index (κ1) is 44.1. The maximum atomic E-state index is 12.7. The second-order valence-electron chi connectivity index (χ2n) is 13.9. The first-order chi connectivity index (χ1) is 27.7. The molecule has 0 aromatic heterocycles. The minimum atomic E-state index is -0.746. The fourth-order valence-corrected chi connectivity index (χ4v) is 5.73. The highest BCUT2D eigenvalue weighted by Gasteiger charge is 2.17. The van der Waals surface area contributed by atoms with Gasteiger partial charge in [0.2, 0.25) is 0 Å². The van der Waals surface area contributed by atoms with Crippen molar-refractivity contribution < 1.29 is 47.6 Å². The standard InChI is InChI=1S/C47H56O10/c1-4-6-8-10-12-14-32-52-40-24-16-38(17-25-40)46(50)56-42-28-20-36(21-29-42)44(48)54-34-35(3)55-45(49)37-22-30-43(31-23-37)57-47(51)39-18-26-41(27-19-39)53-33-15-13-11-9-7-5-2/h16-31,35H,4-15,32-34H2,1-3H3. The van der Waals surface area contributed by atoms with Crippen LogP contribution in [0.1, 0.15) is 139 Å². The lowest BCUT2D eigenvalue weighted by Gasteiger charge is -2.14. The van der Waals surface area contributed by atoms with Gasteiger partial charge in [-0.05, 0) is 117 Å². The Kier molecular flexibility index (Phi) is 19.2. The Balaban J connectivity index is 1.13. The van der Waals surface area contributed by atoms with Crippen molar-refractivity contribution in [2.45, 2.75) is 104 Å². The van der Waals surface area contributed by atoms with Gasteiger partial charge in [-0.2, -0.15) is 0 Å². The predicted octanol–water partition coefficient (Wildman–Crippen LogP) is 11.0. The summed E-state index contributed by atoms with van der Waals surface area (Å²) in [4.78, 5) is 50.7. The largest absolute Gasteiger partial charge is 0.494 e. The molecule has 0 bridgehead atoms. The molecule has 57 heavy (non-hydrogen) atoms. The summed E-state index contributed by atoms with van der Waals surface area (Å²) in [5.41, 5.74) is 1.21. The lowest BCUT2D eigenvalue weighted by atomic mass is 10.1. The van der Waals surface area contributed by atoms with Crippen molar-refractivity contribution in [2.24, 2.45) is 0 Å². The Bertz CT molecular complexity index is 1800. The van der Waals surface area contributed by atoms with Crippen LogP contribution in [0.4, 0.5) is 0 Å². The monoisotopic (exact) mass is 780 g/mol. The summed E-state index contributed by atoms with van der Waals surface area (Å²) in [5.74, 6) is -0.411. The zero-order valence-electron chi connectivity index (χ0n) is 33.5. The highest BCUT2D eigenvalue weighted by Crippen LogP contribution is 2.20. The van der Waals surface area contributed by atoms with Gasteiger partial charge in [0, 0.05) is 0 Å². The molecule has 0 N–H and O–H groups in total. The van der Waals surface area contributed by atoms with Crippen LogP contribution in [0.3, 0.4) is 0 Å². The van der Waals surface area contributed by atoms with E-state index in [1.54, 1.807) is 55.5 Å². The van der Waals surface area contributed by atoms with E-state index in [0.717, 1.165) is 25.7 Å². The summed E-state index contributed by atoms with van der Waals surface area (Å²) in [6.45, 7) is 7.09. The molecule has 10 nitrogen and oxygen atoms in total. The third-order valence-electron chi connectivity index (χ3n) is 9.07. The van der Waals surface area contributed by atoms with Gasteiger partial charge in [0.15, 0.2) is 0 Å². The average molecular weight is 781 g/mol. The van der Waals surface area contributed by atoms with Crippen LogP contribution >= 0.6 is 0 Å². The Morgan fingerprint density at radius 3 is 1.16 bits per heavy atom. The molecule has 4 rings (SSSR count). The predicted molar refractivity (Wildman–Crippen MR) is 219 cm³/mol. The van der Waals surface area contributed by atoms with Gasteiger partial charge in [0.25, 0.3) is 0 Å². The van der Waals surface area contributed by atoms with E-state index in [9.17, 15) is 19.2 Å². The van der Waals surface area contributed by atoms with Crippen molar-refractivity contribution in [3.05, 3.63) is 119 Å². The van der Waals surface area contributed by atoms with Gasteiger partial charge in [-0.25, -0.2) is 19.2 Å². The molecule has 0 saturated carbocycles. The zero-order chi connectivity index (χ0) is 40.7. The molecule has 0 radical (unpaired) electrons. The molecule has 0 amide bonds. The first-order valence-electron chi connectivity index (χ1n) is 20.2. The lowest BCUT2D eigenvalue weighted by molar-refractivity contribution is 0.00447. The fraction of sp³-hybridized carbons (Fsp3) is 0.404. The van der Waals surface area contributed by atoms with Crippen LogP contribution in [0.25, 0.3) is 0 Å². The van der Waals surface area contributed by atoms with Crippen LogP contribution in [-0.2, 0) is 9.47 Å².